The van der Waals surface area contributed by atoms with Crippen molar-refractivity contribution in [2.24, 2.45) is 0 Å². The molecule has 0 saturated carbocycles. The Kier molecular flexibility index (Phi) is 3.39. The van der Waals surface area contributed by atoms with E-state index in [4.69, 9.17) is 4.84 Å². The van der Waals surface area contributed by atoms with E-state index in [2.05, 4.69) is 4.98 Å². The zero-order valence-electron chi connectivity index (χ0n) is 11.0. The third-order valence-corrected chi connectivity index (χ3v) is 2.94. The van der Waals surface area contributed by atoms with Crippen molar-refractivity contribution in [1.82, 2.24) is 9.71 Å². The number of aromatic carboxylic acids is 1. The van der Waals surface area contributed by atoms with Gasteiger partial charge in [0.15, 0.2) is 5.75 Å². The smallest absolute Gasteiger partial charge is 0.338 e. The second kappa shape index (κ2) is 5.50. The molecule has 0 aliphatic rings. The van der Waals surface area contributed by atoms with Crippen molar-refractivity contribution in [2.45, 2.75) is 0 Å². The minimum Gasteiger partial charge on any atom is -0.478 e. The van der Waals surface area contributed by atoms with E-state index in [0.717, 1.165) is 0 Å². The van der Waals surface area contributed by atoms with Crippen molar-refractivity contribution < 1.29 is 14.7 Å². The highest BCUT2D eigenvalue weighted by atomic mass is 16.7. The summed E-state index contributed by atoms with van der Waals surface area (Å²) >= 11 is 0. The Balaban J connectivity index is 2.07. The fraction of sp³-hybridized carbons (Fsp3) is 0. The first-order chi connectivity index (χ1) is 10.3. The van der Waals surface area contributed by atoms with Crippen molar-refractivity contribution in [3.05, 3.63) is 72.6 Å². The molecule has 0 unspecified atom stereocenters. The number of hydrogen-bond acceptors (Lipinski definition) is 3. The average Bonchev–Trinajstić information content (AvgIpc) is 2.93. The van der Waals surface area contributed by atoms with Crippen molar-refractivity contribution >= 4 is 5.97 Å². The third kappa shape index (κ3) is 2.62. The summed E-state index contributed by atoms with van der Waals surface area (Å²) in [5.41, 5.74) is 1.09. The van der Waals surface area contributed by atoms with E-state index in [0.29, 0.717) is 17.1 Å². The number of rotatable bonds is 4. The van der Waals surface area contributed by atoms with Gasteiger partial charge in [0.05, 0.1) is 11.3 Å². The minimum absolute atomic E-state index is 0.143. The van der Waals surface area contributed by atoms with Crippen LogP contribution in [0.15, 0.2) is 67.0 Å². The molecule has 1 aromatic carbocycles. The van der Waals surface area contributed by atoms with E-state index in [1.165, 1.54) is 10.8 Å². The first-order valence-electron chi connectivity index (χ1n) is 6.35. The second-order valence-corrected chi connectivity index (χ2v) is 4.33. The maximum Gasteiger partial charge on any atom is 0.338 e. The van der Waals surface area contributed by atoms with E-state index < -0.39 is 5.97 Å². The Morgan fingerprint density at radius 3 is 2.48 bits per heavy atom. The van der Waals surface area contributed by atoms with Crippen molar-refractivity contribution in [1.29, 1.82) is 0 Å². The van der Waals surface area contributed by atoms with Gasteiger partial charge in [0, 0.05) is 12.4 Å². The van der Waals surface area contributed by atoms with Crippen LogP contribution in [0.4, 0.5) is 0 Å². The monoisotopic (exact) mass is 280 g/mol. The summed E-state index contributed by atoms with van der Waals surface area (Å²) < 4.78 is 1.42. The second-order valence-electron chi connectivity index (χ2n) is 4.33. The van der Waals surface area contributed by atoms with Crippen LogP contribution in [-0.2, 0) is 0 Å². The zero-order chi connectivity index (χ0) is 14.7. The highest BCUT2D eigenvalue weighted by Gasteiger charge is 2.19. The molecule has 0 fully saturated rings. The molecule has 0 atom stereocenters. The van der Waals surface area contributed by atoms with Gasteiger partial charge in [-0.2, -0.15) is 4.73 Å². The summed E-state index contributed by atoms with van der Waals surface area (Å²) in [6.07, 6.45) is 3.18. The number of carbonyl (C=O) groups is 1. The Morgan fingerprint density at radius 1 is 1.05 bits per heavy atom. The standard InChI is InChI=1S/C16H12N2O3/c19-16(20)13-9-11-18(21-12-6-2-1-3-7-12)15(13)14-8-4-5-10-17-14/h1-11H,(H,19,20). The molecule has 1 N–H and O–H groups in total. The van der Waals surface area contributed by atoms with Gasteiger partial charge in [-0.05, 0) is 30.3 Å². The van der Waals surface area contributed by atoms with Crippen LogP contribution in [0.5, 0.6) is 5.75 Å². The Hall–Kier alpha value is -3.08. The first kappa shape index (κ1) is 12.9. The molecule has 0 bridgehead atoms. The van der Waals surface area contributed by atoms with Gasteiger partial charge >= 0.3 is 5.97 Å². The van der Waals surface area contributed by atoms with Crippen LogP contribution >= 0.6 is 0 Å². The molecule has 0 aliphatic heterocycles. The minimum atomic E-state index is -1.02. The molecule has 5 nitrogen and oxygen atoms in total. The molecule has 21 heavy (non-hydrogen) atoms. The number of para-hydroxylation sites is 1. The van der Waals surface area contributed by atoms with Crippen LogP contribution in [0.2, 0.25) is 0 Å². The van der Waals surface area contributed by atoms with Gasteiger partial charge < -0.3 is 9.94 Å². The van der Waals surface area contributed by atoms with Gasteiger partial charge in [-0.1, -0.05) is 24.3 Å². The molecular weight excluding hydrogens is 268 g/mol. The van der Waals surface area contributed by atoms with E-state index in [1.807, 2.05) is 18.2 Å². The zero-order valence-corrected chi connectivity index (χ0v) is 11.0. The highest BCUT2D eigenvalue weighted by Crippen LogP contribution is 2.24. The van der Waals surface area contributed by atoms with Crippen LogP contribution in [0, 0.1) is 0 Å². The lowest BCUT2D eigenvalue weighted by Gasteiger charge is -2.10. The van der Waals surface area contributed by atoms with E-state index in [1.54, 1.807) is 42.7 Å². The summed E-state index contributed by atoms with van der Waals surface area (Å²) in [5, 5.41) is 9.31. The molecule has 5 heteroatoms. The van der Waals surface area contributed by atoms with E-state index >= 15 is 0 Å². The molecule has 2 heterocycles. The molecule has 3 aromatic rings. The Morgan fingerprint density at radius 2 is 1.81 bits per heavy atom. The van der Waals surface area contributed by atoms with Gasteiger partial charge in [0.2, 0.25) is 0 Å². The lowest BCUT2D eigenvalue weighted by atomic mass is 10.2. The van der Waals surface area contributed by atoms with Crippen molar-refractivity contribution in [3.8, 4) is 17.1 Å². The normalized spacial score (nSPS) is 10.3. The lowest BCUT2D eigenvalue weighted by Crippen LogP contribution is -2.08. The molecule has 0 aliphatic carbocycles. The number of hydrogen-bond donors (Lipinski definition) is 1. The van der Waals surface area contributed by atoms with Gasteiger partial charge in [-0.15, -0.1) is 0 Å². The predicted molar refractivity (Wildman–Crippen MR) is 77.1 cm³/mol. The van der Waals surface area contributed by atoms with Crippen molar-refractivity contribution in [2.75, 3.05) is 0 Å². The van der Waals surface area contributed by atoms with Gasteiger partial charge in [0.1, 0.15) is 5.69 Å². The highest BCUT2D eigenvalue weighted by molar-refractivity contribution is 5.94. The molecule has 0 radical (unpaired) electrons. The molecule has 0 saturated heterocycles. The molecule has 3 rings (SSSR count). The van der Waals surface area contributed by atoms with Crippen molar-refractivity contribution in [3.63, 3.8) is 0 Å². The topological polar surface area (TPSA) is 64.3 Å². The summed E-state index contributed by atoms with van der Waals surface area (Å²) in [7, 11) is 0. The van der Waals surface area contributed by atoms with Crippen LogP contribution < -0.4 is 4.84 Å². The van der Waals surface area contributed by atoms with Gasteiger partial charge in [-0.25, -0.2) is 4.79 Å². The van der Waals surface area contributed by atoms with Crippen LogP contribution in [-0.4, -0.2) is 20.8 Å². The fourth-order valence-electron chi connectivity index (χ4n) is 2.01. The Bertz CT molecular complexity index is 752. The number of carboxylic acids is 1. The predicted octanol–water partition coefficient (Wildman–Crippen LogP) is 3.09. The molecular formula is C16H12N2O3. The average molecular weight is 280 g/mol. The number of nitrogens with zero attached hydrogens (tertiary/aromatic N) is 2. The number of benzene rings is 1. The molecule has 0 amide bonds. The number of carboxylic acid groups (broad SMARTS) is 1. The quantitative estimate of drug-likeness (QED) is 0.797. The van der Waals surface area contributed by atoms with Crippen LogP contribution in [0.1, 0.15) is 10.4 Å². The SMILES string of the molecule is O=C(O)c1ccn(Oc2ccccc2)c1-c1ccccn1. The number of pyridine rings is 1. The lowest BCUT2D eigenvalue weighted by molar-refractivity contribution is 0.0696. The van der Waals surface area contributed by atoms with E-state index in [-0.39, 0.29) is 5.56 Å². The largest absolute Gasteiger partial charge is 0.478 e. The molecule has 2 aromatic heterocycles. The summed E-state index contributed by atoms with van der Waals surface area (Å²) in [6.45, 7) is 0. The fourth-order valence-corrected chi connectivity index (χ4v) is 2.01. The number of aromatic nitrogens is 2. The summed E-state index contributed by atoms with van der Waals surface area (Å²) in [6, 6.07) is 16.0. The third-order valence-electron chi connectivity index (χ3n) is 2.94. The summed E-state index contributed by atoms with van der Waals surface area (Å²) in [4.78, 5) is 21.3. The maximum atomic E-state index is 11.4. The maximum absolute atomic E-state index is 11.4. The Labute approximate surface area is 121 Å². The summed E-state index contributed by atoms with van der Waals surface area (Å²) in [5.74, 6) is -0.409. The molecule has 104 valence electrons. The van der Waals surface area contributed by atoms with Gasteiger partial charge in [0.25, 0.3) is 0 Å². The van der Waals surface area contributed by atoms with Crippen LogP contribution in [0.3, 0.4) is 0 Å². The van der Waals surface area contributed by atoms with E-state index in [9.17, 15) is 9.90 Å². The van der Waals surface area contributed by atoms with Gasteiger partial charge in [-0.3, -0.25) is 4.98 Å². The first-order valence-corrected chi connectivity index (χ1v) is 6.35. The van der Waals surface area contributed by atoms with Crippen LogP contribution in [0.25, 0.3) is 11.4 Å². The molecule has 0 spiro atoms.